The lowest BCUT2D eigenvalue weighted by Gasteiger charge is -2.38. The average Bonchev–Trinajstić information content (AvgIpc) is 2.38. The van der Waals surface area contributed by atoms with Crippen LogP contribution in [0.4, 0.5) is 5.82 Å². The third-order valence-corrected chi connectivity index (χ3v) is 4.58. The second-order valence-electron chi connectivity index (χ2n) is 7.15. The Balaban J connectivity index is 1.98. The van der Waals surface area contributed by atoms with Gasteiger partial charge in [0.15, 0.2) is 0 Å². The van der Waals surface area contributed by atoms with Crippen LogP contribution in [0.25, 0.3) is 0 Å². The summed E-state index contributed by atoms with van der Waals surface area (Å²) in [4.78, 5) is 11.6. The van der Waals surface area contributed by atoms with Crippen molar-refractivity contribution >= 4 is 5.82 Å². The molecule has 0 spiro atoms. The van der Waals surface area contributed by atoms with Gasteiger partial charge in [-0.3, -0.25) is 4.90 Å². The summed E-state index contributed by atoms with van der Waals surface area (Å²) in [5.74, 6) is 1.87. The third-order valence-electron chi connectivity index (χ3n) is 4.58. The van der Waals surface area contributed by atoms with E-state index >= 15 is 0 Å². The van der Waals surface area contributed by atoms with Crippen LogP contribution >= 0.6 is 0 Å². The average molecular weight is 290 g/mol. The van der Waals surface area contributed by atoms with Crippen LogP contribution in [-0.2, 0) is 6.54 Å². The largest absolute Gasteiger partial charge is 0.370 e. The zero-order valence-corrected chi connectivity index (χ0v) is 14.2. The van der Waals surface area contributed by atoms with Gasteiger partial charge in [-0.15, -0.1) is 0 Å². The summed E-state index contributed by atoms with van der Waals surface area (Å²) in [6.07, 6.45) is 5.21. The fourth-order valence-electron chi connectivity index (χ4n) is 3.15. The van der Waals surface area contributed by atoms with Gasteiger partial charge < -0.3 is 5.32 Å². The molecule has 0 aromatic carbocycles. The van der Waals surface area contributed by atoms with Crippen molar-refractivity contribution in [3.8, 4) is 0 Å². The number of hydrogen-bond donors (Lipinski definition) is 1. The van der Waals surface area contributed by atoms with E-state index in [-0.39, 0.29) is 0 Å². The highest BCUT2D eigenvalue weighted by Gasteiger charge is 2.28. The van der Waals surface area contributed by atoms with Crippen molar-refractivity contribution in [3.63, 3.8) is 0 Å². The predicted octanol–water partition coefficient (Wildman–Crippen LogP) is 3.62. The smallest absolute Gasteiger partial charge is 0.144 e. The van der Waals surface area contributed by atoms with Gasteiger partial charge in [-0.25, -0.2) is 9.97 Å². The Labute approximate surface area is 129 Å². The number of anilines is 1. The van der Waals surface area contributed by atoms with Crippen LogP contribution in [0.5, 0.6) is 0 Å². The van der Waals surface area contributed by atoms with E-state index < -0.39 is 0 Å². The molecular formula is C17H30N4. The normalized spacial score (nSPS) is 19.0. The Morgan fingerprint density at radius 2 is 1.95 bits per heavy atom. The van der Waals surface area contributed by atoms with E-state index in [0.29, 0.717) is 11.5 Å². The molecule has 0 radical (unpaired) electrons. The maximum atomic E-state index is 4.62. The molecule has 1 aromatic rings. The van der Waals surface area contributed by atoms with Crippen LogP contribution < -0.4 is 5.32 Å². The SMILES string of the molecule is CCNc1cc(C)nc(CN(C)C2CCC(C)(C)CC2)n1. The fraction of sp³-hybridized carbons (Fsp3) is 0.765. The predicted molar refractivity (Wildman–Crippen MR) is 88.4 cm³/mol. The van der Waals surface area contributed by atoms with Gasteiger partial charge in [0.05, 0.1) is 6.54 Å². The second kappa shape index (κ2) is 6.73. The minimum Gasteiger partial charge on any atom is -0.370 e. The van der Waals surface area contributed by atoms with Gasteiger partial charge in [0, 0.05) is 24.3 Å². The lowest BCUT2D eigenvalue weighted by Crippen LogP contribution is -2.37. The molecule has 0 unspecified atom stereocenters. The van der Waals surface area contributed by atoms with Crippen LogP contribution in [0, 0.1) is 12.3 Å². The van der Waals surface area contributed by atoms with Gasteiger partial charge in [0.1, 0.15) is 11.6 Å². The van der Waals surface area contributed by atoms with Crippen molar-refractivity contribution < 1.29 is 0 Å². The van der Waals surface area contributed by atoms with Gasteiger partial charge in [0.2, 0.25) is 0 Å². The first kappa shape index (κ1) is 16.2. The van der Waals surface area contributed by atoms with Crippen molar-refractivity contribution in [2.75, 3.05) is 18.9 Å². The summed E-state index contributed by atoms with van der Waals surface area (Å²) in [5.41, 5.74) is 1.56. The van der Waals surface area contributed by atoms with Crippen molar-refractivity contribution in [3.05, 3.63) is 17.6 Å². The van der Waals surface area contributed by atoms with Crippen LogP contribution in [0.2, 0.25) is 0 Å². The van der Waals surface area contributed by atoms with Crippen LogP contribution in [0.3, 0.4) is 0 Å². The van der Waals surface area contributed by atoms with Gasteiger partial charge in [-0.05, 0) is 52.0 Å². The number of nitrogens with one attached hydrogen (secondary N) is 1. The first-order valence-corrected chi connectivity index (χ1v) is 8.18. The molecular weight excluding hydrogens is 260 g/mol. The molecule has 0 amide bonds. The maximum absolute atomic E-state index is 4.62. The monoisotopic (exact) mass is 290 g/mol. The van der Waals surface area contributed by atoms with Crippen LogP contribution in [-0.4, -0.2) is 34.5 Å². The standard InChI is InChI=1S/C17H30N4/c1-6-18-15-11-13(2)19-16(20-15)12-21(5)14-7-9-17(3,4)10-8-14/h11,14H,6-10,12H2,1-5H3,(H,18,19,20). The van der Waals surface area contributed by atoms with Crippen molar-refractivity contribution in [2.24, 2.45) is 5.41 Å². The molecule has 4 heteroatoms. The molecule has 0 aliphatic heterocycles. The molecule has 0 saturated heterocycles. The highest BCUT2D eigenvalue weighted by atomic mass is 15.2. The number of hydrogen-bond acceptors (Lipinski definition) is 4. The zero-order valence-electron chi connectivity index (χ0n) is 14.2. The molecule has 1 N–H and O–H groups in total. The highest BCUT2D eigenvalue weighted by Crippen LogP contribution is 2.36. The van der Waals surface area contributed by atoms with Gasteiger partial charge in [0.25, 0.3) is 0 Å². The molecule has 1 aliphatic rings. The molecule has 1 aliphatic carbocycles. The lowest BCUT2D eigenvalue weighted by molar-refractivity contribution is 0.121. The molecule has 1 aromatic heterocycles. The summed E-state index contributed by atoms with van der Waals surface area (Å²) in [5, 5.41) is 3.28. The topological polar surface area (TPSA) is 41.1 Å². The fourth-order valence-corrected chi connectivity index (χ4v) is 3.15. The van der Waals surface area contributed by atoms with Gasteiger partial charge >= 0.3 is 0 Å². The van der Waals surface area contributed by atoms with E-state index in [1.807, 2.05) is 13.0 Å². The first-order chi connectivity index (χ1) is 9.89. The van der Waals surface area contributed by atoms with Crippen molar-refractivity contribution in [1.82, 2.24) is 14.9 Å². The van der Waals surface area contributed by atoms with E-state index in [2.05, 4.69) is 48.0 Å². The van der Waals surface area contributed by atoms with E-state index in [1.54, 1.807) is 0 Å². The zero-order chi connectivity index (χ0) is 15.5. The Morgan fingerprint density at radius 1 is 1.29 bits per heavy atom. The highest BCUT2D eigenvalue weighted by molar-refractivity contribution is 5.35. The van der Waals surface area contributed by atoms with E-state index in [1.165, 1.54) is 25.7 Å². The van der Waals surface area contributed by atoms with E-state index in [9.17, 15) is 0 Å². The minimum atomic E-state index is 0.523. The molecule has 118 valence electrons. The molecule has 1 saturated carbocycles. The summed E-state index contributed by atoms with van der Waals surface area (Å²) in [6.45, 7) is 10.6. The summed E-state index contributed by atoms with van der Waals surface area (Å²) >= 11 is 0. The number of aromatic nitrogens is 2. The molecule has 1 heterocycles. The van der Waals surface area contributed by atoms with Crippen LogP contribution in [0.1, 0.15) is 58.0 Å². The molecule has 0 atom stereocenters. The Bertz CT molecular complexity index is 460. The Kier molecular flexibility index (Phi) is 5.20. The Hall–Kier alpha value is -1.16. The lowest BCUT2D eigenvalue weighted by atomic mass is 9.75. The third kappa shape index (κ3) is 4.67. The molecule has 1 fully saturated rings. The van der Waals surface area contributed by atoms with Gasteiger partial charge in [-0.1, -0.05) is 13.8 Å². The molecule has 4 nitrogen and oxygen atoms in total. The summed E-state index contributed by atoms with van der Waals surface area (Å²) in [7, 11) is 2.21. The maximum Gasteiger partial charge on any atom is 0.144 e. The van der Waals surface area contributed by atoms with Crippen molar-refractivity contribution in [1.29, 1.82) is 0 Å². The van der Waals surface area contributed by atoms with Crippen LogP contribution in [0.15, 0.2) is 6.07 Å². The molecule has 0 bridgehead atoms. The number of nitrogens with zero attached hydrogens (tertiary/aromatic N) is 3. The molecule has 2 rings (SSSR count). The van der Waals surface area contributed by atoms with E-state index in [4.69, 9.17) is 0 Å². The first-order valence-electron chi connectivity index (χ1n) is 8.18. The minimum absolute atomic E-state index is 0.523. The molecule has 21 heavy (non-hydrogen) atoms. The Morgan fingerprint density at radius 3 is 2.57 bits per heavy atom. The van der Waals surface area contributed by atoms with Crippen molar-refractivity contribution in [2.45, 2.75) is 66.0 Å². The van der Waals surface area contributed by atoms with E-state index in [0.717, 1.165) is 30.4 Å². The van der Waals surface area contributed by atoms with Gasteiger partial charge in [-0.2, -0.15) is 0 Å². The summed E-state index contributed by atoms with van der Waals surface area (Å²) in [6, 6.07) is 2.68. The summed E-state index contributed by atoms with van der Waals surface area (Å²) < 4.78 is 0. The second-order valence-corrected chi connectivity index (χ2v) is 7.15. The number of aryl methyl sites for hydroxylation is 1. The number of rotatable bonds is 5. The quantitative estimate of drug-likeness (QED) is 0.899.